The van der Waals surface area contributed by atoms with Crippen LogP contribution in [0.5, 0.6) is 0 Å². The van der Waals surface area contributed by atoms with Gasteiger partial charge in [0.05, 0.1) is 5.69 Å². The van der Waals surface area contributed by atoms with Crippen molar-refractivity contribution in [3.05, 3.63) is 10.6 Å². The standard InChI is InChI=1S/C16H29N3S/c1-3-6-13-8-5-10-19(11-9-13)16-18-14(7-4-2)15(12-17)20-16/h13H,3-12,17H2,1-2H3. The Hall–Kier alpha value is -0.610. The molecule has 0 saturated carbocycles. The Bertz CT molecular complexity index is 402. The van der Waals surface area contributed by atoms with Crippen molar-refractivity contribution in [2.75, 3.05) is 18.0 Å². The minimum absolute atomic E-state index is 0.638. The highest BCUT2D eigenvalue weighted by Gasteiger charge is 2.20. The van der Waals surface area contributed by atoms with Crippen LogP contribution < -0.4 is 10.6 Å². The second-order valence-corrected chi connectivity index (χ2v) is 6.96. The maximum absolute atomic E-state index is 5.87. The second-order valence-electron chi connectivity index (χ2n) is 5.89. The summed E-state index contributed by atoms with van der Waals surface area (Å²) < 4.78 is 0. The fourth-order valence-corrected chi connectivity index (χ4v) is 4.19. The maximum atomic E-state index is 5.87. The smallest absolute Gasteiger partial charge is 0.185 e. The molecule has 4 heteroatoms. The molecule has 1 aromatic rings. The average molecular weight is 295 g/mol. The van der Waals surface area contributed by atoms with E-state index < -0.39 is 0 Å². The lowest BCUT2D eigenvalue weighted by Gasteiger charge is -2.19. The monoisotopic (exact) mass is 295 g/mol. The van der Waals surface area contributed by atoms with E-state index in [4.69, 9.17) is 10.7 Å². The topological polar surface area (TPSA) is 42.2 Å². The summed E-state index contributed by atoms with van der Waals surface area (Å²) in [5.74, 6) is 0.925. The number of hydrogen-bond donors (Lipinski definition) is 1. The Morgan fingerprint density at radius 1 is 1.25 bits per heavy atom. The Kier molecular flexibility index (Phi) is 6.30. The van der Waals surface area contributed by atoms with Crippen LogP contribution >= 0.6 is 11.3 Å². The summed E-state index contributed by atoms with van der Waals surface area (Å²) >= 11 is 1.82. The molecule has 2 heterocycles. The van der Waals surface area contributed by atoms with E-state index in [1.165, 1.54) is 60.9 Å². The first-order valence-corrected chi connectivity index (χ1v) is 9.03. The summed E-state index contributed by atoms with van der Waals surface area (Å²) in [7, 11) is 0. The molecule has 2 rings (SSSR count). The van der Waals surface area contributed by atoms with Crippen molar-refractivity contribution in [3.8, 4) is 0 Å². The average Bonchev–Trinajstić information content (AvgIpc) is 2.71. The number of nitrogens with zero attached hydrogens (tertiary/aromatic N) is 2. The number of thiazole rings is 1. The van der Waals surface area contributed by atoms with E-state index in [-0.39, 0.29) is 0 Å². The lowest BCUT2D eigenvalue weighted by atomic mass is 9.96. The molecular formula is C16H29N3S. The third kappa shape index (κ3) is 3.95. The summed E-state index contributed by atoms with van der Waals surface area (Å²) in [6, 6.07) is 0. The molecule has 1 unspecified atom stereocenters. The molecule has 0 radical (unpaired) electrons. The number of aromatic nitrogens is 1. The van der Waals surface area contributed by atoms with Crippen LogP contribution in [0, 0.1) is 5.92 Å². The van der Waals surface area contributed by atoms with Gasteiger partial charge < -0.3 is 10.6 Å². The summed E-state index contributed by atoms with van der Waals surface area (Å²) in [6.07, 6.45) is 8.95. The molecule has 2 N–H and O–H groups in total. The van der Waals surface area contributed by atoms with Crippen LogP contribution in [-0.4, -0.2) is 18.1 Å². The SMILES string of the molecule is CCCc1nc(N2CCCC(CCC)CC2)sc1CN. The van der Waals surface area contributed by atoms with Crippen LogP contribution in [0.4, 0.5) is 5.13 Å². The summed E-state index contributed by atoms with van der Waals surface area (Å²) in [4.78, 5) is 8.66. The van der Waals surface area contributed by atoms with Crippen molar-refractivity contribution in [1.82, 2.24) is 4.98 Å². The van der Waals surface area contributed by atoms with Gasteiger partial charge in [-0.1, -0.05) is 33.1 Å². The first-order valence-electron chi connectivity index (χ1n) is 8.22. The van der Waals surface area contributed by atoms with Gasteiger partial charge in [-0.3, -0.25) is 0 Å². The van der Waals surface area contributed by atoms with E-state index in [9.17, 15) is 0 Å². The Morgan fingerprint density at radius 2 is 2.10 bits per heavy atom. The lowest BCUT2D eigenvalue weighted by Crippen LogP contribution is -2.24. The van der Waals surface area contributed by atoms with Crippen LogP contribution in [0.1, 0.15) is 62.9 Å². The number of aryl methyl sites for hydroxylation is 1. The van der Waals surface area contributed by atoms with E-state index in [1.54, 1.807) is 0 Å². The maximum Gasteiger partial charge on any atom is 0.185 e. The quantitative estimate of drug-likeness (QED) is 0.863. The van der Waals surface area contributed by atoms with Gasteiger partial charge in [-0.25, -0.2) is 4.98 Å². The lowest BCUT2D eigenvalue weighted by molar-refractivity contribution is 0.435. The van der Waals surface area contributed by atoms with Gasteiger partial charge in [-0.2, -0.15) is 0 Å². The van der Waals surface area contributed by atoms with E-state index in [0.717, 1.165) is 18.8 Å². The van der Waals surface area contributed by atoms with Crippen molar-refractivity contribution in [1.29, 1.82) is 0 Å². The van der Waals surface area contributed by atoms with E-state index in [0.29, 0.717) is 6.54 Å². The van der Waals surface area contributed by atoms with Crippen LogP contribution in [0.3, 0.4) is 0 Å². The molecule has 1 aromatic heterocycles. The van der Waals surface area contributed by atoms with Crippen molar-refractivity contribution >= 4 is 16.5 Å². The second kappa shape index (κ2) is 7.99. The highest BCUT2D eigenvalue weighted by atomic mass is 32.1. The van der Waals surface area contributed by atoms with Crippen LogP contribution in [0.15, 0.2) is 0 Å². The highest BCUT2D eigenvalue weighted by Crippen LogP contribution is 2.30. The molecule has 1 saturated heterocycles. The van der Waals surface area contributed by atoms with Gasteiger partial charge in [-0.05, 0) is 31.6 Å². The largest absolute Gasteiger partial charge is 0.348 e. The molecule has 1 aliphatic rings. The number of nitrogens with two attached hydrogens (primary N) is 1. The van der Waals surface area contributed by atoms with Crippen molar-refractivity contribution in [3.63, 3.8) is 0 Å². The Labute approximate surface area is 127 Å². The zero-order valence-electron chi connectivity index (χ0n) is 13.0. The minimum Gasteiger partial charge on any atom is -0.348 e. The molecule has 0 aliphatic carbocycles. The zero-order chi connectivity index (χ0) is 14.4. The van der Waals surface area contributed by atoms with Crippen LogP contribution in [0.25, 0.3) is 0 Å². The molecule has 0 spiro atoms. The molecule has 0 bridgehead atoms. The van der Waals surface area contributed by atoms with Gasteiger partial charge in [0.15, 0.2) is 5.13 Å². The molecular weight excluding hydrogens is 266 g/mol. The number of hydrogen-bond acceptors (Lipinski definition) is 4. The van der Waals surface area contributed by atoms with Gasteiger partial charge in [0.2, 0.25) is 0 Å². The summed E-state index contributed by atoms with van der Waals surface area (Å²) in [5.41, 5.74) is 7.11. The third-order valence-electron chi connectivity index (χ3n) is 4.25. The molecule has 20 heavy (non-hydrogen) atoms. The number of anilines is 1. The van der Waals surface area contributed by atoms with E-state index in [1.807, 2.05) is 11.3 Å². The van der Waals surface area contributed by atoms with Gasteiger partial charge in [0.25, 0.3) is 0 Å². The highest BCUT2D eigenvalue weighted by molar-refractivity contribution is 7.15. The van der Waals surface area contributed by atoms with Crippen molar-refractivity contribution in [2.24, 2.45) is 11.7 Å². The van der Waals surface area contributed by atoms with Crippen LogP contribution in [0.2, 0.25) is 0 Å². The fourth-order valence-electron chi connectivity index (χ4n) is 3.15. The van der Waals surface area contributed by atoms with Gasteiger partial charge in [0, 0.05) is 24.5 Å². The first-order chi connectivity index (χ1) is 9.78. The predicted molar refractivity (Wildman–Crippen MR) is 88.5 cm³/mol. The van der Waals surface area contributed by atoms with Gasteiger partial charge in [-0.15, -0.1) is 11.3 Å². The molecule has 1 aliphatic heterocycles. The summed E-state index contributed by atoms with van der Waals surface area (Å²) in [5, 5.41) is 1.21. The van der Waals surface area contributed by atoms with Gasteiger partial charge >= 0.3 is 0 Å². The molecule has 3 nitrogen and oxygen atoms in total. The fraction of sp³-hybridized carbons (Fsp3) is 0.812. The van der Waals surface area contributed by atoms with Crippen molar-refractivity contribution < 1.29 is 0 Å². The van der Waals surface area contributed by atoms with Crippen molar-refractivity contribution in [2.45, 2.75) is 65.3 Å². The Morgan fingerprint density at radius 3 is 2.80 bits per heavy atom. The van der Waals surface area contributed by atoms with E-state index in [2.05, 4.69) is 18.7 Å². The molecule has 114 valence electrons. The molecule has 1 fully saturated rings. The Balaban J connectivity index is 2.03. The molecule has 1 atom stereocenters. The molecule has 0 amide bonds. The molecule has 0 aromatic carbocycles. The normalized spacial score (nSPS) is 20.1. The zero-order valence-corrected chi connectivity index (χ0v) is 13.8. The van der Waals surface area contributed by atoms with Gasteiger partial charge in [0.1, 0.15) is 0 Å². The van der Waals surface area contributed by atoms with Crippen LogP contribution in [-0.2, 0) is 13.0 Å². The predicted octanol–water partition coefficient (Wildman–Crippen LogP) is 3.96. The third-order valence-corrected chi connectivity index (χ3v) is 5.44. The van der Waals surface area contributed by atoms with E-state index >= 15 is 0 Å². The summed E-state index contributed by atoms with van der Waals surface area (Å²) in [6.45, 7) is 7.49. The minimum atomic E-state index is 0.638. The number of rotatable bonds is 6. The first kappa shape index (κ1) is 15.8.